The molecule has 1 amide bonds. The lowest BCUT2D eigenvalue weighted by Gasteiger charge is -2.57. The van der Waals surface area contributed by atoms with Gasteiger partial charge in [0.2, 0.25) is 5.91 Å². The zero-order chi connectivity index (χ0) is 23.3. The van der Waals surface area contributed by atoms with E-state index in [-0.39, 0.29) is 41.2 Å². The summed E-state index contributed by atoms with van der Waals surface area (Å²) in [4.78, 5) is 37.6. The SMILES string of the molecule is CCCCCC(=O)O[C@]1(C(C)=O)CC[C@H]2[C@@H]3C=C(F)C4=CC(=O)NC[C@]4(C)[C@H]3CC[C@@]21C. The molecule has 4 aliphatic rings. The van der Waals surface area contributed by atoms with Gasteiger partial charge < -0.3 is 10.1 Å². The van der Waals surface area contributed by atoms with Crippen molar-refractivity contribution in [2.45, 2.75) is 84.7 Å². The van der Waals surface area contributed by atoms with Gasteiger partial charge in [-0.2, -0.15) is 0 Å². The number of halogens is 1. The molecule has 32 heavy (non-hydrogen) atoms. The Labute approximate surface area is 190 Å². The van der Waals surface area contributed by atoms with Crippen LogP contribution in [-0.2, 0) is 19.1 Å². The Morgan fingerprint density at radius 1 is 1.19 bits per heavy atom. The fourth-order valence-electron chi connectivity index (χ4n) is 7.40. The van der Waals surface area contributed by atoms with E-state index in [0.717, 1.165) is 38.5 Å². The van der Waals surface area contributed by atoms with Crippen molar-refractivity contribution in [2.75, 3.05) is 6.54 Å². The van der Waals surface area contributed by atoms with E-state index < -0.39 is 16.4 Å². The van der Waals surface area contributed by atoms with E-state index in [1.807, 2.05) is 6.92 Å². The molecule has 0 saturated heterocycles. The van der Waals surface area contributed by atoms with Gasteiger partial charge in [0.05, 0.1) is 0 Å². The first kappa shape index (κ1) is 23.2. The van der Waals surface area contributed by atoms with E-state index in [1.54, 1.807) is 6.08 Å². The molecule has 3 aliphatic carbocycles. The van der Waals surface area contributed by atoms with Gasteiger partial charge in [0.1, 0.15) is 5.83 Å². The Bertz CT molecular complexity index is 894. The Kier molecular flexibility index (Phi) is 5.87. The van der Waals surface area contributed by atoms with Crippen molar-refractivity contribution < 1.29 is 23.5 Å². The molecule has 0 aromatic heterocycles. The zero-order valence-electron chi connectivity index (χ0n) is 19.8. The molecule has 2 fully saturated rings. The first-order chi connectivity index (χ1) is 15.1. The van der Waals surface area contributed by atoms with E-state index in [0.29, 0.717) is 25.0 Å². The molecule has 0 bridgehead atoms. The van der Waals surface area contributed by atoms with Crippen molar-refractivity contribution in [1.29, 1.82) is 0 Å². The second-order valence-electron chi connectivity index (χ2n) is 10.8. The summed E-state index contributed by atoms with van der Waals surface area (Å²) in [7, 11) is 0. The van der Waals surface area contributed by atoms with Crippen LogP contribution in [0.4, 0.5) is 4.39 Å². The van der Waals surface area contributed by atoms with E-state index in [2.05, 4.69) is 19.2 Å². The number of fused-ring (bicyclic) bond motifs is 5. The van der Waals surface area contributed by atoms with Gasteiger partial charge in [0.15, 0.2) is 11.4 Å². The Morgan fingerprint density at radius 2 is 1.91 bits per heavy atom. The number of carbonyl (C=O) groups is 3. The minimum absolute atomic E-state index is 0.0501. The van der Waals surface area contributed by atoms with Crippen molar-refractivity contribution in [1.82, 2.24) is 5.32 Å². The standard InChI is InChI=1S/C26H36FNO4/c1-5-6-7-8-23(31)32-26(16(2)29)12-10-19-17-13-21(27)20-14-22(30)28-15-24(20,3)18(17)9-11-25(19,26)4/h13-14,17-19H,5-12,15H2,1-4H3,(H,28,30)/t17-,18+,19+,24-,25+,26+/m1/s1. The molecule has 6 heteroatoms. The van der Waals surface area contributed by atoms with Crippen LogP contribution in [0, 0.1) is 28.6 Å². The molecule has 1 N–H and O–H groups in total. The van der Waals surface area contributed by atoms with Crippen LogP contribution in [0.5, 0.6) is 0 Å². The van der Waals surface area contributed by atoms with Gasteiger partial charge in [-0.3, -0.25) is 14.4 Å². The topological polar surface area (TPSA) is 72.5 Å². The molecule has 1 aliphatic heterocycles. The maximum absolute atomic E-state index is 15.3. The van der Waals surface area contributed by atoms with Crippen LogP contribution in [0.25, 0.3) is 0 Å². The number of carbonyl (C=O) groups excluding carboxylic acids is 3. The molecule has 1 heterocycles. The quantitative estimate of drug-likeness (QED) is 0.470. The maximum atomic E-state index is 15.3. The number of ether oxygens (including phenoxy) is 1. The molecule has 6 atom stereocenters. The third-order valence-corrected chi connectivity index (χ3v) is 9.23. The average molecular weight is 446 g/mol. The van der Waals surface area contributed by atoms with Crippen molar-refractivity contribution in [2.24, 2.45) is 28.6 Å². The lowest BCUT2D eigenvalue weighted by molar-refractivity contribution is -0.187. The first-order valence-electron chi connectivity index (χ1n) is 12.2. The highest BCUT2D eigenvalue weighted by molar-refractivity contribution is 5.91. The minimum atomic E-state index is -1.13. The van der Waals surface area contributed by atoms with E-state index in [9.17, 15) is 14.4 Å². The second kappa shape index (κ2) is 8.11. The van der Waals surface area contributed by atoms with Gasteiger partial charge in [-0.05, 0) is 62.9 Å². The summed E-state index contributed by atoms with van der Waals surface area (Å²) in [5.74, 6) is -0.774. The lowest BCUT2D eigenvalue weighted by Crippen LogP contribution is -2.59. The minimum Gasteiger partial charge on any atom is -0.450 e. The third-order valence-electron chi connectivity index (χ3n) is 9.23. The van der Waals surface area contributed by atoms with Gasteiger partial charge in [-0.1, -0.05) is 33.6 Å². The maximum Gasteiger partial charge on any atom is 0.306 e. The predicted molar refractivity (Wildman–Crippen MR) is 119 cm³/mol. The number of amides is 1. The number of hydrogen-bond donors (Lipinski definition) is 1. The van der Waals surface area contributed by atoms with Crippen molar-refractivity contribution in [3.63, 3.8) is 0 Å². The number of allylic oxidation sites excluding steroid dienone is 2. The van der Waals surface area contributed by atoms with Crippen LogP contribution in [0.15, 0.2) is 23.6 Å². The summed E-state index contributed by atoms with van der Waals surface area (Å²) >= 11 is 0. The predicted octanol–water partition coefficient (Wildman–Crippen LogP) is 4.81. The summed E-state index contributed by atoms with van der Waals surface area (Å²) in [6.07, 6.45) is 8.94. The second-order valence-corrected chi connectivity index (χ2v) is 10.8. The smallest absolute Gasteiger partial charge is 0.306 e. The summed E-state index contributed by atoms with van der Waals surface area (Å²) in [5, 5.41) is 2.90. The fourth-order valence-corrected chi connectivity index (χ4v) is 7.40. The monoisotopic (exact) mass is 445 g/mol. The molecular formula is C26H36FNO4. The van der Waals surface area contributed by atoms with E-state index in [4.69, 9.17) is 4.74 Å². The van der Waals surface area contributed by atoms with Crippen LogP contribution >= 0.6 is 0 Å². The van der Waals surface area contributed by atoms with Crippen LogP contribution in [0.1, 0.15) is 79.1 Å². The van der Waals surface area contributed by atoms with Gasteiger partial charge in [-0.25, -0.2) is 4.39 Å². The molecule has 0 radical (unpaired) electrons. The summed E-state index contributed by atoms with van der Waals surface area (Å²) in [5.41, 5.74) is -1.61. The van der Waals surface area contributed by atoms with Gasteiger partial charge in [0, 0.05) is 35.4 Å². The number of esters is 1. The van der Waals surface area contributed by atoms with E-state index >= 15 is 4.39 Å². The highest BCUT2D eigenvalue weighted by atomic mass is 19.1. The summed E-state index contributed by atoms with van der Waals surface area (Å²) < 4.78 is 21.3. The average Bonchev–Trinajstić information content (AvgIpc) is 3.03. The number of rotatable bonds is 6. The fraction of sp³-hybridized carbons (Fsp3) is 0.731. The molecular weight excluding hydrogens is 409 g/mol. The lowest BCUT2D eigenvalue weighted by atomic mass is 9.48. The third kappa shape index (κ3) is 3.28. The van der Waals surface area contributed by atoms with Crippen molar-refractivity contribution in [3.8, 4) is 0 Å². The molecule has 176 valence electrons. The molecule has 0 unspecified atom stereocenters. The Morgan fingerprint density at radius 3 is 2.59 bits per heavy atom. The first-order valence-corrected chi connectivity index (χ1v) is 12.2. The Hall–Kier alpha value is -1.98. The van der Waals surface area contributed by atoms with Crippen molar-refractivity contribution in [3.05, 3.63) is 23.6 Å². The van der Waals surface area contributed by atoms with E-state index in [1.165, 1.54) is 13.0 Å². The molecule has 5 nitrogen and oxygen atoms in total. The van der Waals surface area contributed by atoms with Gasteiger partial charge in [-0.15, -0.1) is 0 Å². The number of hydrogen-bond acceptors (Lipinski definition) is 4. The molecule has 4 rings (SSSR count). The molecule has 0 spiro atoms. The molecule has 0 aromatic rings. The molecule has 2 saturated carbocycles. The number of Topliss-reactive ketones (excluding diaryl/α,β-unsaturated/α-hetero) is 1. The van der Waals surface area contributed by atoms with Crippen LogP contribution in [0.3, 0.4) is 0 Å². The zero-order valence-corrected chi connectivity index (χ0v) is 19.8. The molecule has 0 aromatic carbocycles. The van der Waals surface area contributed by atoms with Crippen LogP contribution in [0.2, 0.25) is 0 Å². The number of ketones is 1. The number of unbranched alkanes of at least 4 members (excludes halogenated alkanes) is 2. The summed E-state index contributed by atoms with van der Waals surface area (Å²) in [6, 6.07) is 0. The Balaban J connectivity index is 1.67. The van der Waals surface area contributed by atoms with Gasteiger partial charge >= 0.3 is 5.97 Å². The number of nitrogens with one attached hydrogen (secondary N) is 1. The highest BCUT2D eigenvalue weighted by Crippen LogP contribution is 2.67. The summed E-state index contributed by atoms with van der Waals surface area (Å²) in [6.45, 7) is 8.16. The van der Waals surface area contributed by atoms with Gasteiger partial charge in [0.25, 0.3) is 0 Å². The highest BCUT2D eigenvalue weighted by Gasteiger charge is 2.68. The van der Waals surface area contributed by atoms with Crippen LogP contribution in [-0.4, -0.2) is 29.8 Å². The largest absolute Gasteiger partial charge is 0.450 e. The van der Waals surface area contributed by atoms with Crippen LogP contribution < -0.4 is 5.32 Å². The van der Waals surface area contributed by atoms with Crippen molar-refractivity contribution >= 4 is 17.7 Å². The normalized spacial score (nSPS) is 40.3.